The molecule has 1 amide bonds. The van der Waals surface area contributed by atoms with Crippen LogP contribution in [0.15, 0.2) is 17.0 Å². The standard InChI is InChI=1S/C13H19BrN2O3S/c1-7(2)12(14)13(17)16-11-6-10(20(15,18)19)5-8(3)9(11)4/h5-7,12H,1-4H3,(H,16,17)(H2,15,18,19). The number of primary sulfonamides is 1. The summed E-state index contributed by atoms with van der Waals surface area (Å²) in [4.78, 5) is 11.7. The maximum Gasteiger partial charge on any atom is 0.238 e. The van der Waals surface area contributed by atoms with E-state index in [2.05, 4.69) is 21.2 Å². The number of anilines is 1. The smallest absolute Gasteiger partial charge is 0.238 e. The van der Waals surface area contributed by atoms with Crippen LogP contribution in [0.2, 0.25) is 0 Å². The quantitative estimate of drug-likeness (QED) is 0.805. The molecule has 0 aliphatic heterocycles. The number of rotatable bonds is 4. The Balaban J connectivity index is 3.19. The fourth-order valence-electron chi connectivity index (χ4n) is 1.62. The lowest BCUT2D eigenvalue weighted by atomic mass is 10.1. The summed E-state index contributed by atoms with van der Waals surface area (Å²) in [5.41, 5.74) is 2.03. The summed E-state index contributed by atoms with van der Waals surface area (Å²) < 4.78 is 22.9. The highest BCUT2D eigenvalue weighted by Gasteiger charge is 2.20. The van der Waals surface area contributed by atoms with Gasteiger partial charge in [-0.15, -0.1) is 0 Å². The number of amides is 1. The summed E-state index contributed by atoms with van der Waals surface area (Å²) in [6.45, 7) is 7.42. The molecule has 1 aromatic rings. The van der Waals surface area contributed by atoms with Crippen molar-refractivity contribution in [2.45, 2.75) is 37.4 Å². The second-order valence-corrected chi connectivity index (χ2v) is 7.64. The van der Waals surface area contributed by atoms with Crippen molar-refractivity contribution >= 4 is 37.5 Å². The SMILES string of the molecule is Cc1cc(S(N)(=O)=O)cc(NC(=O)C(Br)C(C)C)c1C. The molecule has 0 saturated heterocycles. The van der Waals surface area contributed by atoms with E-state index in [4.69, 9.17) is 5.14 Å². The van der Waals surface area contributed by atoms with Gasteiger partial charge in [-0.3, -0.25) is 4.79 Å². The second kappa shape index (κ2) is 6.24. The summed E-state index contributed by atoms with van der Waals surface area (Å²) in [5, 5.41) is 7.87. The molecule has 0 aromatic heterocycles. The molecule has 112 valence electrons. The third-order valence-electron chi connectivity index (χ3n) is 3.06. The Hall–Kier alpha value is -0.920. The minimum absolute atomic E-state index is 0.00781. The van der Waals surface area contributed by atoms with E-state index in [1.807, 2.05) is 20.8 Å². The minimum Gasteiger partial charge on any atom is -0.325 e. The average Bonchev–Trinajstić information content (AvgIpc) is 2.32. The first-order valence-corrected chi connectivity index (χ1v) is 8.59. The van der Waals surface area contributed by atoms with Gasteiger partial charge in [0.25, 0.3) is 0 Å². The lowest BCUT2D eigenvalue weighted by Gasteiger charge is -2.17. The van der Waals surface area contributed by atoms with Gasteiger partial charge in [0.05, 0.1) is 9.72 Å². The van der Waals surface area contributed by atoms with E-state index in [1.54, 1.807) is 6.92 Å². The van der Waals surface area contributed by atoms with E-state index >= 15 is 0 Å². The molecule has 7 heteroatoms. The highest BCUT2D eigenvalue weighted by Crippen LogP contribution is 2.25. The Bertz CT molecular complexity index is 627. The monoisotopic (exact) mass is 362 g/mol. The summed E-state index contributed by atoms with van der Waals surface area (Å²) in [6, 6.07) is 2.88. The predicted octanol–water partition coefficient (Wildman–Crippen LogP) is 2.31. The third kappa shape index (κ3) is 4.04. The zero-order valence-electron chi connectivity index (χ0n) is 11.9. The molecule has 20 heavy (non-hydrogen) atoms. The van der Waals surface area contributed by atoms with E-state index in [0.29, 0.717) is 5.69 Å². The number of sulfonamides is 1. The number of aryl methyl sites for hydroxylation is 1. The average molecular weight is 363 g/mol. The summed E-state index contributed by atoms with van der Waals surface area (Å²) in [5.74, 6) is -0.0908. The zero-order chi connectivity index (χ0) is 15.7. The first-order valence-electron chi connectivity index (χ1n) is 6.13. The largest absolute Gasteiger partial charge is 0.325 e. The maximum atomic E-state index is 12.0. The van der Waals surface area contributed by atoms with Crippen molar-refractivity contribution in [1.29, 1.82) is 0 Å². The molecule has 1 aromatic carbocycles. The number of hydrogen-bond donors (Lipinski definition) is 2. The lowest BCUT2D eigenvalue weighted by Crippen LogP contribution is -2.27. The number of alkyl halides is 1. The van der Waals surface area contributed by atoms with E-state index in [-0.39, 0.29) is 21.5 Å². The number of halogens is 1. The zero-order valence-corrected chi connectivity index (χ0v) is 14.3. The van der Waals surface area contributed by atoms with E-state index in [0.717, 1.165) is 11.1 Å². The molecular weight excluding hydrogens is 344 g/mol. The number of nitrogens with two attached hydrogens (primary N) is 1. The van der Waals surface area contributed by atoms with Gasteiger partial charge < -0.3 is 5.32 Å². The molecule has 0 heterocycles. The van der Waals surface area contributed by atoms with Crippen molar-refractivity contribution in [3.8, 4) is 0 Å². The summed E-state index contributed by atoms with van der Waals surface area (Å²) in [6.07, 6.45) is 0. The molecule has 0 aliphatic rings. The number of nitrogens with one attached hydrogen (secondary N) is 1. The van der Waals surface area contributed by atoms with Gasteiger partial charge in [0.1, 0.15) is 0 Å². The molecule has 0 bridgehead atoms. The molecule has 1 rings (SSSR count). The van der Waals surface area contributed by atoms with E-state index in [1.165, 1.54) is 12.1 Å². The maximum absolute atomic E-state index is 12.0. The molecule has 1 atom stereocenters. The van der Waals surface area contributed by atoms with Crippen LogP contribution < -0.4 is 10.5 Å². The second-order valence-electron chi connectivity index (χ2n) is 5.09. The Morgan fingerprint density at radius 2 is 1.85 bits per heavy atom. The Labute approximate surface area is 128 Å². The van der Waals surface area contributed by atoms with Crippen molar-refractivity contribution in [1.82, 2.24) is 0 Å². The van der Waals surface area contributed by atoms with Crippen molar-refractivity contribution in [3.05, 3.63) is 23.3 Å². The molecule has 3 N–H and O–H groups in total. The summed E-state index contributed by atoms with van der Waals surface area (Å²) >= 11 is 3.31. The Morgan fingerprint density at radius 1 is 1.30 bits per heavy atom. The summed E-state index contributed by atoms with van der Waals surface area (Å²) in [7, 11) is -3.80. The van der Waals surface area contributed by atoms with Gasteiger partial charge in [0.2, 0.25) is 15.9 Å². The van der Waals surface area contributed by atoms with Gasteiger partial charge in [-0.25, -0.2) is 13.6 Å². The Morgan fingerprint density at radius 3 is 2.30 bits per heavy atom. The fraction of sp³-hybridized carbons (Fsp3) is 0.462. The van der Waals surface area contributed by atoms with E-state index < -0.39 is 10.0 Å². The lowest BCUT2D eigenvalue weighted by molar-refractivity contribution is -0.116. The molecular formula is C13H19BrN2O3S. The van der Waals surface area contributed by atoms with Crippen LogP contribution in [0.25, 0.3) is 0 Å². The molecule has 0 spiro atoms. The van der Waals surface area contributed by atoms with Crippen LogP contribution in [0.5, 0.6) is 0 Å². The molecule has 1 unspecified atom stereocenters. The van der Waals surface area contributed by atoms with Gasteiger partial charge >= 0.3 is 0 Å². The van der Waals surface area contributed by atoms with Crippen molar-refractivity contribution < 1.29 is 13.2 Å². The van der Waals surface area contributed by atoms with Gasteiger partial charge in [0.15, 0.2) is 0 Å². The van der Waals surface area contributed by atoms with Crippen LogP contribution >= 0.6 is 15.9 Å². The highest BCUT2D eigenvalue weighted by molar-refractivity contribution is 9.10. The number of benzene rings is 1. The molecule has 0 fully saturated rings. The van der Waals surface area contributed by atoms with E-state index in [9.17, 15) is 13.2 Å². The van der Waals surface area contributed by atoms with Crippen LogP contribution in [-0.2, 0) is 14.8 Å². The van der Waals surface area contributed by atoms with Crippen molar-refractivity contribution in [2.75, 3.05) is 5.32 Å². The Kier molecular flexibility index (Phi) is 5.34. The van der Waals surface area contributed by atoms with Crippen LogP contribution in [-0.4, -0.2) is 19.2 Å². The number of carbonyl (C=O) groups is 1. The topological polar surface area (TPSA) is 89.3 Å². The third-order valence-corrected chi connectivity index (χ3v) is 5.43. The van der Waals surface area contributed by atoms with Crippen molar-refractivity contribution in [3.63, 3.8) is 0 Å². The number of carbonyl (C=O) groups excluding carboxylic acids is 1. The molecule has 0 saturated carbocycles. The number of hydrogen-bond acceptors (Lipinski definition) is 3. The van der Waals surface area contributed by atoms with Gasteiger partial charge in [-0.1, -0.05) is 29.8 Å². The van der Waals surface area contributed by atoms with Crippen LogP contribution in [0.1, 0.15) is 25.0 Å². The predicted molar refractivity (Wildman–Crippen MR) is 83.5 cm³/mol. The first kappa shape index (κ1) is 17.1. The normalized spacial score (nSPS) is 13.3. The minimum atomic E-state index is -3.80. The molecule has 0 aliphatic carbocycles. The highest BCUT2D eigenvalue weighted by atomic mass is 79.9. The fourth-order valence-corrected chi connectivity index (χ4v) is 2.36. The molecule has 0 radical (unpaired) electrons. The molecule has 5 nitrogen and oxygen atoms in total. The van der Waals surface area contributed by atoms with Gasteiger partial charge in [0, 0.05) is 5.69 Å². The van der Waals surface area contributed by atoms with Crippen LogP contribution in [0.4, 0.5) is 5.69 Å². The van der Waals surface area contributed by atoms with Crippen molar-refractivity contribution in [2.24, 2.45) is 11.1 Å². The van der Waals surface area contributed by atoms with Crippen LogP contribution in [0.3, 0.4) is 0 Å². The van der Waals surface area contributed by atoms with Gasteiger partial charge in [-0.05, 0) is 43.0 Å². The van der Waals surface area contributed by atoms with Gasteiger partial charge in [-0.2, -0.15) is 0 Å². The first-order chi connectivity index (χ1) is 9.04. The van der Waals surface area contributed by atoms with Crippen LogP contribution in [0, 0.1) is 19.8 Å².